The molecule has 1 aliphatic rings. The molecule has 0 aromatic carbocycles. The molecule has 0 spiro atoms. The highest BCUT2D eigenvalue weighted by atomic mass is 16.3. The van der Waals surface area contributed by atoms with E-state index in [4.69, 9.17) is 4.42 Å². The van der Waals surface area contributed by atoms with Crippen molar-refractivity contribution in [1.29, 1.82) is 0 Å². The summed E-state index contributed by atoms with van der Waals surface area (Å²) in [4.78, 5) is 11.6. The lowest BCUT2D eigenvalue weighted by Gasteiger charge is -2.06. The van der Waals surface area contributed by atoms with E-state index in [1.165, 1.54) is 0 Å². The topological polar surface area (TPSA) is 60.1 Å². The summed E-state index contributed by atoms with van der Waals surface area (Å²) in [5.41, 5.74) is 3.06. The van der Waals surface area contributed by atoms with Crippen LogP contribution in [-0.2, 0) is 11.3 Å². The highest BCUT2D eigenvalue weighted by Gasteiger charge is 2.29. The first-order valence-electron chi connectivity index (χ1n) is 7.02. The van der Waals surface area contributed by atoms with Crippen LogP contribution in [-0.4, -0.2) is 22.2 Å². The van der Waals surface area contributed by atoms with Crippen molar-refractivity contribution in [2.24, 2.45) is 5.92 Å². The van der Waals surface area contributed by atoms with Gasteiger partial charge >= 0.3 is 0 Å². The summed E-state index contributed by atoms with van der Waals surface area (Å²) in [5, 5.41) is 7.49. The molecule has 0 saturated heterocycles. The van der Waals surface area contributed by atoms with Crippen LogP contribution in [0.3, 0.4) is 0 Å². The smallest absolute Gasteiger partial charge is 0.223 e. The van der Waals surface area contributed by atoms with Crippen molar-refractivity contribution < 1.29 is 9.21 Å². The fourth-order valence-corrected chi connectivity index (χ4v) is 2.47. The molecule has 106 valence electrons. The summed E-state index contributed by atoms with van der Waals surface area (Å²) >= 11 is 0. The predicted molar refractivity (Wildman–Crippen MR) is 75.1 cm³/mol. The molecule has 1 saturated carbocycles. The Morgan fingerprint density at radius 2 is 2.30 bits per heavy atom. The average molecular weight is 273 g/mol. The van der Waals surface area contributed by atoms with Gasteiger partial charge in [-0.2, -0.15) is 5.10 Å². The van der Waals surface area contributed by atoms with E-state index in [0.717, 1.165) is 35.6 Å². The standard InChI is InChI=1S/C15H19N3O2/c1-10-14(13-4-3-9-20-13)11(2)18(17-10)8-7-16-15(19)12-5-6-12/h3-4,9,12H,5-8H2,1-2H3,(H,16,19). The number of carbonyl (C=O) groups is 1. The molecule has 2 aromatic heterocycles. The zero-order valence-corrected chi connectivity index (χ0v) is 11.8. The number of hydrogen-bond acceptors (Lipinski definition) is 3. The zero-order valence-electron chi connectivity index (χ0n) is 11.8. The van der Waals surface area contributed by atoms with Crippen LogP contribution >= 0.6 is 0 Å². The number of aromatic nitrogens is 2. The van der Waals surface area contributed by atoms with E-state index < -0.39 is 0 Å². The highest BCUT2D eigenvalue weighted by Crippen LogP contribution is 2.29. The van der Waals surface area contributed by atoms with E-state index in [2.05, 4.69) is 10.4 Å². The van der Waals surface area contributed by atoms with Crippen LogP contribution in [0.5, 0.6) is 0 Å². The largest absolute Gasteiger partial charge is 0.464 e. The Bertz CT molecular complexity index is 609. The van der Waals surface area contributed by atoms with E-state index in [9.17, 15) is 4.79 Å². The number of aryl methyl sites for hydroxylation is 1. The zero-order chi connectivity index (χ0) is 14.1. The quantitative estimate of drug-likeness (QED) is 0.909. The van der Waals surface area contributed by atoms with Gasteiger partial charge < -0.3 is 9.73 Å². The number of hydrogen-bond donors (Lipinski definition) is 1. The number of amides is 1. The maximum atomic E-state index is 11.6. The van der Waals surface area contributed by atoms with Gasteiger partial charge in [0.25, 0.3) is 0 Å². The SMILES string of the molecule is Cc1nn(CCNC(=O)C2CC2)c(C)c1-c1ccco1. The molecule has 0 bridgehead atoms. The van der Waals surface area contributed by atoms with Crippen LogP contribution in [0.4, 0.5) is 0 Å². The maximum Gasteiger partial charge on any atom is 0.223 e. The van der Waals surface area contributed by atoms with Crippen molar-refractivity contribution >= 4 is 5.91 Å². The number of nitrogens with zero attached hydrogens (tertiary/aromatic N) is 2. The van der Waals surface area contributed by atoms with E-state index >= 15 is 0 Å². The van der Waals surface area contributed by atoms with Crippen molar-refractivity contribution in [1.82, 2.24) is 15.1 Å². The molecule has 5 nitrogen and oxygen atoms in total. The fraction of sp³-hybridized carbons (Fsp3) is 0.467. The molecule has 1 fully saturated rings. The second-order valence-corrected chi connectivity index (χ2v) is 5.31. The van der Waals surface area contributed by atoms with Gasteiger partial charge in [-0.3, -0.25) is 9.48 Å². The Kier molecular flexibility index (Phi) is 3.34. The monoisotopic (exact) mass is 273 g/mol. The van der Waals surface area contributed by atoms with Gasteiger partial charge in [0.05, 0.1) is 24.1 Å². The lowest BCUT2D eigenvalue weighted by molar-refractivity contribution is -0.122. The van der Waals surface area contributed by atoms with Crippen molar-refractivity contribution in [2.75, 3.05) is 6.54 Å². The molecule has 0 radical (unpaired) electrons. The molecule has 0 unspecified atom stereocenters. The van der Waals surface area contributed by atoms with Crippen LogP contribution in [0, 0.1) is 19.8 Å². The lowest BCUT2D eigenvalue weighted by Crippen LogP contribution is -2.28. The number of rotatable bonds is 5. The van der Waals surface area contributed by atoms with Crippen molar-refractivity contribution in [3.63, 3.8) is 0 Å². The molecule has 3 rings (SSSR count). The number of carbonyl (C=O) groups excluding carboxylic acids is 1. The third-order valence-corrected chi connectivity index (χ3v) is 3.72. The molecule has 0 aliphatic heterocycles. The molecule has 5 heteroatoms. The van der Waals surface area contributed by atoms with Crippen LogP contribution in [0.25, 0.3) is 11.3 Å². The molecule has 0 atom stereocenters. The molecule has 1 aliphatic carbocycles. The first-order chi connectivity index (χ1) is 9.66. The summed E-state index contributed by atoms with van der Waals surface area (Å²) in [7, 11) is 0. The van der Waals surface area contributed by atoms with E-state index in [-0.39, 0.29) is 11.8 Å². The highest BCUT2D eigenvalue weighted by molar-refractivity contribution is 5.80. The van der Waals surface area contributed by atoms with E-state index in [1.807, 2.05) is 30.7 Å². The van der Waals surface area contributed by atoms with Crippen LogP contribution in [0.15, 0.2) is 22.8 Å². The Morgan fingerprint density at radius 3 is 2.95 bits per heavy atom. The average Bonchev–Trinajstić information content (AvgIpc) is 3.07. The third kappa shape index (κ3) is 2.48. The first-order valence-corrected chi connectivity index (χ1v) is 7.02. The van der Waals surface area contributed by atoms with Gasteiger partial charge in [-0.1, -0.05) is 0 Å². The van der Waals surface area contributed by atoms with Crippen molar-refractivity contribution in [3.8, 4) is 11.3 Å². The molecular weight excluding hydrogens is 254 g/mol. The van der Waals surface area contributed by atoms with Crippen LogP contribution in [0.1, 0.15) is 24.2 Å². The first kappa shape index (κ1) is 13.0. The second kappa shape index (κ2) is 5.15. The summed E-state index contributed by atoms with van der Waals surface area (Å²) in [6.07, 6.45) is 3.74. The van der Waals surface area contributed by atoms with Gasteiger partial charge in [0.2, 0.25) is 5.91 Å². The maximum absolute atomic E-state index is 11.6. The third-order valence-electron chi connectivity index (χ3n) is 3.72. The Labute approximate surface area is 118 Å². The van der Waals surface area contributed by atoms with Crippen LogP contribution < -0.4 is 5.32 Å². The Balaban J connectivity index is 1.68. The van der Waals surface area contributed by atoms with Crippen LogP contribution in [0.2, 0.25) is 0 Å². The van der Waals surface area contributed by atoms with Gasteiger partial charge in [0.15, 0.2) is 0 Å². The van der Waals surface area contributed by atoms with Gasteiger partial charge in [-0.25, -0.2) is 0 Å². The Hall–Kier alpha value is -2.04. The molecular formula is C15H19N3O2. The van der Waals surface area contributed by atoms with E-state index in [1.54, 1.807) is 6.26 Å². The molecule has 1 amide bonds. The van der Waals surface area contributed by atoms with Gasteiger partial charge in [0.1, 0.15) is 5.76 Å². The van der Waals surface area contributed by atoms with Crippen molar-refractivity contribution in [2.45, 2.75) is 33.2 Å². The van der Waals surface area contributed by atoms with Gasteiger partial charge in [-0.15, -0.1) is 0 Å². The van der Waals surface area contributed by atoms with E-state index in [0.29, 0.717) is 13.1 Å². The minimum atomic E-state index is 0.179. The number of nitrogens with one attached hydrogen (secondary N) is 1. The summed E-state index contributed by atoms with van der Waals surface area (Å²) in [6, 6.07) is 3.82. The summed E-state index contributed by atoms with van der Waals surface area (Å²) in [5.74, 6) is 1.28. The number of furan rings is 1. The molecule has 20 heavy (non-hydrogen) atoms. The molecule has 2 aromatic rings. The normalized spacial score (nSPS) is 14.5. The molecule has 1 N–H and O–H groups in total. The molecule has 2 heterocycles. The van der Waals surface area contributed by atoms with Crippen molar-refractivity contribution in [3.05, 3.63) is 29.8 Å². The minimum Gasteiger partial charge on any atom is -0.464 e. The lowest BCUT2D eigenvalue weighted by atomic mass is 10.1. The van der Waals surface area contributed by atoms with Gasteiger partial charge in [-0.05, 0) is 38.8 Å². The summed E-state index contributed by atoms with van der Waals surface area (Å²) < 4.78 is 7.38. The Morgan fingerprint density at radius 1 is 1.50 bits per heavy atom. The fourth-order valence-electron chi connectivity index (χ4n) is 2.47. The summed E-state index contributed by atoms with van der Waals surface area (Å²) in [6.45, 7) is 5.31. The minimum absolute atomic E-state index is 0.179. The van der Waals surface area contributed by atoms with Gasteiger partial charge in [0, 0.05) is 18.2 Å². The second-order valence-electron chi connectivity index (χ2n) is 5.31. The predicted octanol–water partition coefficient (Wildman–Crippen LogP) is 2.29.